The van der Waals surface area contributed by atoms with Crippen molar-refractivity contribution in [3.8, 4) is 0 Å². The second-order valence-electron chi connectivity index (χ2n) is 5.57. The molecule has 92 valence electrons. The van der Waals surface area contributed by atoms with E-state index < -0.39 is 17.0 Å². The molecule has 4 nitrogen and oxygen atoms in total. The Morgan fingerprint density at radius 3 is 2.31 bits per heavy atom. The summed E-state index contributed by atoms with van der Waals surface area (Å²) in [6.07, 6.45) is 3.73. The van der Waals surface area contributed by atoms with E-state index in [0.29, 0.717) is 31.3 Å². The van der Waals surface area contributed by atoms with E-state index in [1.807, 2.05) is 6.92 Å². The van der Waals surface area contributed by atoms with Crippen LogP contribution in [0.3, 0.4) is 0 Å². The number of hydrogen-bond donors (Lipinski definition) is 3. The maximum Gasteiger partial charge on any atom is 0.312 e. The van der Waals surface area contributed by atoms with Crippen LogP contribution in [-0.2, 0) is 4.79 Å². The highest BCUT2D eigenvalue weighted by Gasteiger charge is 2.56. The first-order valence-electron chi connectivity index (χ1n) is 6.13. The van der Waals surface area contributed by atoms with Crippen molar-refractivity contribution in [2.24, 2.45) is 5.41 Å². The Bertz CT molecular complexity index is 293. The molecule has 0 aromatic heterocycles. The number of carbonyl (C=O) groups is 1. The van der Waals surface area contributed by atoms with Crippen LogP contribution in [0.15, 0.2) is 0 Å². The van der Waals surface area contributed by atoms with Crippen molar-refractivity contribution in [3.05, 3.63) is 0 Å². The average Bonchev–Trinajstić information content (AvgIpc) is 2.56. The van der Waals surface area contributed by atoms with Gasteiger partial charge < -0.3 is 15.5 Å². The number of piperidine rings is 1. The molecule has 0 spiro atoms. The first-order valence-corrected chi connectivity index (χ1v) is 6.13. The standard InChI is InChI=1S/C12H21NO3/c1-3-11(2,10(14)15)12(16)6-8-4-5-9(7-12)13-8/h8-9,13,16H,3-7H2,1-2H3,(H,14,15). The summed E-state index contributed by atoms with van der Waals surface area (Å²) in [7, 11) is 0. The van der Waals surface area contributed by atoms with Gasteiger partial charge in [-0.05, 0) is 39.0 Å². The number of rotatable bonds is 3. The molecule has 0 amide bonds. The average molecular weight is 227 g/mol. The van der Waals surface area contributed by atoms with Crippen LogP contribution >= 0.6 is 0 Å². The normalized spacial score (nSPS) is 41.7. The zero-order chi connectivity index (χ0) is 12.0. The van der Waals surface area contributed by atoms with E-state index in [9.17, 15) is 15.0 Å². The fraction of sp³-hybridized carbons (Fsp3) is 0.917. The molecule has 0 radical (unpaired) electrons. The van der Waals surface area contributed by atoms with Crippen LogP contribution in [0.1, 0.15) is 46.0 Å². The third-order valence-electron chi connectivity index (χ3n) is 4.71. The summed E-state index contributed by atoms with van der Waals surface area (Å²) in [5.74, 6) is -0.876. The minimum atomic E-state index is -1.05. The summed E-state index contributed by atoms with van der Waals surface area (Å²) in [6.45, 7) is 3.52. The molecule has 2 rings (SSSR count). The monoisotopic (exact) mass is 227 g/mol. The quantitative estimate of drug-likeness (QED) is 0.676. The predicted molar refractivity (Wildman–Crippen MR) is 60.2 cm³/mol. The molecule has 3 atom stereocenters. The lowest BCUT2D eigenvalue weighted by Crippen LogP contribution is -2.59. The Balaban J connectivity index is 2.27. The SMILES string of the molecule is CCC(C)(C(=O)O)C1(O)CC2CCC(C1)N2. The van der Waals surface area contributed by atoms with Gasteiger partial charge in [-0.25, -0.2) is 0 Å². The summed E-state index contributed by atoms with van der Waals surface area (Å²) in [5, 5.41) is 23.5. The number of nitrogens with one attached hydrogen (secondary N) is 1. The highest BCUT2D eigenvalue weighted by atomic mass is 16.4. The summed E-state index contributed by atoms with van der Waals surface area (Å²) in [6, 6.07) is 0.600. The molecule has 2 bridgehead atoms. The van der Waals surface area contributed by atoms with E-state index in [0.717, 1.165) is 12.8 Å². The van der Waals surface area contributed by atoms with Crippen LogP contribution in [0.2, 0.25) is 0 Å². The number of carboxylic acid groups (broad SMARTS) is 1. The molecule has 16 heavy (non-hydrogen) atoms. The van der Waals surface area contributed by atoms with Crippen LogP contribution in [0.25, 0.3) is 0 Å². The van der Waals surface area contributed by atoms with Gasteiger partial charge >= 0.3 is 5.97 Å². The maximum absolute atomic E-state index is 11.4. The van der Waals surface area contributed by atoms with Gasteiger partial charge in [0.15, 0.2) is 0 Å². The number of aliphatic carboxylic acids is 1. The first-order chi connectivity index (χ1) is 7.41. The molecule has 2 heterocycles. The van der Waals surface area contributed by atoms with Crippen molar-refractivity contribution in [2.45, 2.75) is 63.6 Å². The van der Waals surface area contributed by atoms with Gasteiger partial charge in [-0.1, -0.05) is 6.92 Å². The van der Waals surface area contributed by atoms with E-state index in [1.165, 1.54) is 0 Å². The topological polar surface area (TPSA) is 69.6 Å². The van der Waals surface area contributed by atoms with Crippen molar-refractivity contribution in [1.82, 2.24) is 5.32 Å². The maximum atomic E-state index is 11.4. The fourth-order valence-electron chi connectivity index (χ4n) is 3.25. The number of hydrogen-bond acceptors (Lipinski definition) is 3. The minimum Gasteiger partial charge on any atom is -0.481 e. The Morgan fingerprint density at radius 2 is 1.94 bits per heavy atom. The highest BCUT2D eigenvalue weighted by molar-refractivity contribution is 5.76. The number of aliphatic hydroxyl groups is 1. The second kappa shape index (κ2) is 3.70. The largest absolute Gasteiger partial charge is 0.481 e. The molecule has 2 fully saturated rings. The molecule has 3 unspecified atom stereocenters. The molecule has 2 saturated heterocycles. The molecule has 2 aliphatic heterocycles. The molecular weight excluding hydrogens is 206 g/mol. The molecule has 0 aliphatic carbocycles. The molecule has 0 aromatic rings. The molecule has 0 aromatic carbocycles. The van der Waals surface area contributed by atoms with E-state index in [-0.39, 0.29) is 0 Å². The van der Waals surface area contributed by atoms with Gasteiger partial charge in [0.05, 0.1) is 11.0 Å². The second-order valence-corrected chi connectivity index (χ2v) is 5.57. The number of fused-ring (bicyclic) bond motifs is 2. The van der Waals surface area contributed by atoms with Crippen molar-refractivity contribution in [2.75, 3.05) is 0 Å². The van der Waals surface area contributed by atoms with Crippen LogP contribution in [-0.4, -0.2) is 33.9 Å². The first kappa shape index (κ1) is 11.9. The van der Waals surface area contributed by atoms with E-state index >= 15 is 0 Å². The molecule has 0 saturated carbocycles. The summed E-state index contributed by atoms with van der Waals surface area (Å²) < 4.78 is 0. The Morgan fingerprint density at radius 1 is 1.44 bits per heavy atom. The van der Waals surface area contributed by atoms with Gasteiger partial charge in [0.25, 0.3) is 0 Å². The van der Waals surface area contributed by atoms with Crippen molar-refractivity contribution in [1.29, 1.82) is 0 Å². The van der Waals surface area contributed by atoms with Crippen molar-refractivity contribution < 1.29 is 15.0 Å². The van der Waals surface area contributed by atoms with Crippen molar-refractivity contribution >= 4 is 5.97 Å². The lowest BCUT2D eigenvalue weighted by molar-refractivity contribution is -0.173. The molecular formula is C12H21NO3. The third-order valence-corrected chi connectivity index (χ3v) is 4.71. The van der Waals surface area contributed by atoms with Gasteiger partial charge in [0.1, 0.15) is 0 Å². The van der Waals surface area contributed by atoms with Crippen LogP contribution in [0.4, 0.5) is 0 Å². The zero-order valence-electron chi connectivity index (χ0n) is 9.99. The Hall–Kier alpha value is -0.610. The van der Waals surface area contributed by atoms with E-state index in [2.05, 4.69) is 5.32 Å². The van der Waals surface area contributed by atoms with Gasteiger partial charge in [0.2, 0.25) is 0 Å². The van der Waals surface area contributed by atoms with Crippen molar-refractivity contribution in [3.63, 3.8) is 0 Å². The van der Waals surface area contributed by atoms with Gasteiger partial charge in [-0.3, -0.25) is 4.79 Å². The minimum absolute atomic E-state index is 0.300. The van der Waals surface area contributed by atoms with E-state index in [1.54, 1.807) is 6.92 Å². The lowest BCUT2D eigenvalue weighted by atomic mass is 9.65. The molecule has 4 heteroatoms. The van der Waals surface area contributed by atoms with Crippen LogP contribution in [0, 0.1) is 5.41 Å². The number of carboxylic acids is 1. The summed E-state index contributed by atoms with van der Waals surface area (Å²) in [5.41, 5.74) is -2.07. The molecule has 2 aliphatic rings. The Kier molecular flexibility index (Phi) is 2.75. The Labute approximate surface area is 96.0 Å². The highest BCUT2D eigenvalue weighted by Crippen LogP contribution is 2.46. The lowest BCUT2D eigenvalue weighted by Gasteiger charge is -2.46. The predicted octanol–water partition coefficient (Wildman–Crippen LogP) is 1.13. The van der Waals surface area contributed by atoms with Gasteiger partial charge in [-0.2, -0.15) is 0 Å². The van der Waals surface area contributed by atoms with Crippen LogP contribution < -0.4 is 5.32 Å². The van der Waals surface area contributed by atoms with Gasteiger partial charge in [-0.15, -0.1) is 0 Å². The summed E-state index contributed by atoms with van der Waals surface area (Å²) >= 11 is 0. The van der Waals surface area contributed by atoms with E-state index in [4.69, 9.17) is 0 Å². The fourth-order valence-corrected chi connectivity index (χ4v) is 3.25. The summed E-state index contributed by atoms with van der Waals surface area (Å²) in [4.78, 5) is 11.4. The smallest absolute Gasteiger partial charge is 0.312 e. The van der Waals surface area contributed by atoms with Crippen LogP contribution in [0.5, 0.6) is 0 Å². The van der Waals surface area contributed by atoms with Gasteiger partial charge in [0, 0.05) is 12.1 Å². The third kappa shape index (κ3) is 1.55. The molecule has 3 N–H and O–H groups in total. The zero-order valence-corrected chi connectivity index (χ0v) is 9.99.